The molecule has 24 heavy (non-hydrogen) atoms. The van der Waals surface area contributed by atoms with Gasteiger partial charge in [-0.3, -0.25) is 14.1 Å². The highest BCUT2D eigenvalue weighted by atomic mass is 35.5. The molecule has 0 bridgehead atoms. The lowest BCUT2D eigenvalue weighted by Crippen LogP contribution is -2.25. The third-order valence-electron chi connectivity index (χ3n) is 3.68. The average molecular weight is 389 g/mol. The lowest BCUT2D eigenvalue weighted by molar-refractivity contribution is 0.102. The van der Waals surface area contributed by atoms with Crippen molar-refractivity contribution >= 4 is 46.4 Å². The van der Waals surface area contributed by atoms with Crippen LogP contribution in [0.3, 0.4) is 0 Å². The van der Waals surface area contributed by atoms with Crippen molar-refractivity contribution in [2.24, 2.45) is 0 Å². The Morgan fingerprint density at radius 1 is 1.46 bits per heavy atom. The molecular weight excluding hydrogens is 371 g/mol. The Morgan fingerprint density at radius 2 is 2.25 bits per heavy atom. The fourth-order valence-corrected chi connectivity index (χ4v) is 3.53. The van der Waals surface area contributed by atoms with E-state index in [0.29, 0.717) is 28.7 Å². The number of aromatic amines is 1. The van der Waals surface area contributed by atoms with Gasteiger partial charge < -0.3 is 10.6 Å². The summed E-state index contributed by atoms with van der Waals surface area (Å²) in [5.74, 6) is 0.0849. The largest absolute Gasteiger partial charge is 0.321 e. The van der Waals surface area contributed by atoms with E-state index in [4.69, 9.17) is 11.6 Å². The summed E-state index contributed by atoms with van der Waals surface area (Å²) < 4.78 is 11.4. The van der Waals surface area contributed by atoms with E-state index in [1.165, 1.54) is 0 Å². The molecule has 6 nitrogen and oxygen atoms in total. The molecule has 0 spiro atoms. The Morgan fingerprint density at radius 3 is 3.00 bits per heavy atom. The lowest BCUT2D eigenvalue weighted by Gasteiger charge is -2.13. The summed E-state index contributed by atoms with van der Waals surface area (Å²) in [6.07, 6.45) is 2.45. The fraction of sp³-hybridized carbons (Fsp3) is 0.333. The highest BCUT2D eigenvalue weighted by Gasteiger charge is 2.21. The van der Waals surface area contributed by atoms with Crippen LogP contribution < -0.4 is 10.6 Å². The Balaban J connectivity index is 0.00000208. The summed E-state index contributed by atoms with van der Waals surface area (Å²) in [4.78, 5) is 12.5. The molecule has 1 aromatic heterocycles. The van der Waals surface area contributed by atoms with Gasteiger partial charge in [0.2, 0.25) is 0 Å². The first-order valence-electron chi connectivity index (χ1n) is 7.21. The van der Waals surface area contributed by atoms with E-state index in [-0.39, 0.29) is 18.3 Å². The van der Waals surface area contributed by atoms with Gasteiger partial charge in [-0.15, -0.1) is 12.4 Å². The Bertz CT molecular complexity index is 779. The van der Waals surface area contributed by atoms with Gasteiger partial charge in [0.1, 0.15) is 0 Å². The standard InChI is InChI=1S/C15H17ClN4O2S.ClH/c1-23(22)8-9-6-10(2-3-12(9)16)18-15(21)14-11-7-17-5-4-13(11)19-20-14;/h2-3,6,17H,4-5,7-8H2,1H3,(H,18,21)(H,19,20);1H. The zero-order valence-electron chi connectivity index (χ0n) is 13.0. The Hall–Kier alpha value is -1.41. The molecule has 1 aromatic carbocycles. The number of rotatable bonds is 4. The minimum absolute atomic E-state index is 0. The molecule has 3 N–H and O–H groups in total. The number of anilines is 1. The SMILES string of the molecule is CS(=O)Cc1cc(NC(=O)c2n[nH]c3c2CNCC3)ccc1Cl.Cl. The summed E-state index contributed by atoms with van der Waals surface area (Å²) in [5.41, 5.74) is 3.68. The van der Waals surface area contributed by atoms with Crippen LogP contribution in [0.1, 0.15) is 27.3 Å². The van der Waals surface area contributed by atoms with Crippen LogP contribution in [0.5, 0.6) is 0 Å². The lowest BCUT2D eigenvalue weighted by atomic mass is 10.1. The van der Waals surface area contributed by atoms with Gasteiger partial charge in [-0.25, -0.2) is 0 Å². The van der Waals surface area contributed by atoms with Crippen LogP contribution in [0.15, 0.2) is 18.2 Å². The zero-order chi connectivity index (χ0) is 16.4. The van der Waals surface area contributed by atoms with Crippen molar-refractivity contribution in [3.63, 3.8) is 0 Å². The summed E-state index contributed by atoms with van der Waals surface area (Å²) in [5, 5.41) is 13.7. The number of hydrogen-bond donors (Lipinski definition) is 3. The number of amides is 1. The van der Waals surface area contributed by atoms with E-state index in [1.54, 1.807) is 24.5 Å². The van der Waals surface area contributed by atoms with Crippen molar-refractivity contribution in [2.45, 2.75) is 18.7 Å². The van der Waals surface area contributed by atoms with Crippen LogP contribution in [-0.2, 0) is 29.5 Å². The maximum Gasteiger partial charge on any atom is 0.276 e. The summed E-state index contributed by atoms with van der Waals surface area (Å²) >= 11 is 6.10. The smallest absolute Gasteiger partial charge is 0.276 e. The first-order chi connectivity index (χ1) is 11.0. The molecule has 0 fully saturated rings. The third-order valence-corrected chi connectivity index (χ3v) is 4.77. The number of nitrogens with one attached hydrogen (secondary N) is 3. The normalized spacial score (nSPS) is 14.4. The second kappa shape index (κ2) is 8.11. The van der Waals surface area contributed by atoms with Gasteiger partial charge >= 0.3 is 0 Å². The number of fused-ring (bicyclic) bond motifs is 1. The first-order valence-corrected chi connectivity index (χ1v) is 9.31. The molecule has 0 aliphatic carbocycles. The highest BCUT2D eigenvalue weighted by Crippen LogP contribution is 2.23. The van der Waals surface area contributed by atoms with Crippen LogP contribution in [0.2, 0.25) is 5.02 Å². The summed E-state index contributed by atoms with van der Waals surface area (Å²) in [6.45, 7) is 1.51. The van der Waals surface area contributed by atoms with E-state index in [0.717, 1.165) is 29.8 Å². The van der Waals surface area contributed by atoms with Crippen molar-refractivity contribution in [3.05, 3.63) is 45.7 Å². The van der Waals surface area contributed by atoms with Gasteiger partial charge in [-0.05, 0) is 23.8 Å². The minimum atomic E-state index is -1.00. The van der Waals surface area contributed by atoms with Gasteiger partial charge in [0.15, 0.2) is 5.69 Å². The molecule has 0 radical (unpaired) electrons. The number of hydrogen-bond acceptors (Lipinski definition) is 4. The maximum atomic E-state index is 12.5. The molecule has 0 saturated heterocycles. The van der Waals surface area contributed by atoms with E-state index >= 15 is 0 Å². The second-order valence-electron chi connectivity index (χ2n) is 5.43. The van der Waals surface area contributed by atoms with Crippen molar-refractivity contribution in [1.82, 2.24) is 15.5 Å². The number of halogens is 2. The highest BCUT2D eigenvalue weighted by molar-refractivity contribution is 7.83. The summed E-state index contributed by atoms with van der Waals surface area (Å²) in [7, 11) is -1.00. The van der Waals surface area contributed by atoms with Crippen molar-refractivity contribution in [3.8, 4) is 0 Å². The molecule has 2 aromatic rings. The van der Waals surface area contributed by atoms with Gasteiger partial charge in [-0.1, -0.05) is 11.6 Å². The van der Waals surface area contributed by atoms with E-state index < -0.39 is 10.8 Å². The van der Waals surface area contributed by atoms with Crippen LogP contribution in [-0.4, -0.2) is 33.1 Å². The van der Waals surface area contributed by atoms with E-state index in [2.05, 4.69) is 20.8 Å². The molecule has 1 unspecified atom stereocenters. The quantitative estimate of drug-likeness (QED) is 0.749. The minimum Gasteiger partial charge on any atom is -0.321 e. The van der Waals surface area contributed by atoms with E-state index in [1.807, 2.05) is 0 Å². The predicted octanol–water partition coefficient (Wildman–Crippen LogP) is 2.26. The van der Waals surface area contributed by atoms with Gasteiger partial charge in [0.05, 0.1) is 0 Å². The molecule has 1 aliphatic rings. The molecular formula is C15H18Cl2N4O2S. The molecule has 1 atom stereocenters. The number of aromatic nitrogens is 2. The average Bonchev–Trinajstić information content (AvgIpc) is 2.94. The topological polar surface area (TPSA) is 86.9 Å². The van der Waals surface area contributed by atoms with E-state index in [9.17, 15) is 9.00 Å². The number of carbonyl (C=O) groups is 1. The van der Waals surface area contributed by atoms with Gasteiger partial charge in [-0.2, -0.15) is 5.10 Å². The molecule has 1 amide bonds. The number of benzene rings is 1. The molecule has 2 heterocycles. The van der Waals surface area contributed by atoms with Crippen LogP contribution in [0.4, 0.5) is 5.69 Å². The second-order valence-corrected chi connectivity index (χ2v) is 7.28. The number of H-pyrrole nitrogens is 1. The predicted molar refractivity (Wildman–Crippen MR) is 98.4 cm³/mol. The van der Waals surface area contributed by atoms with Crippen LogP contribution in [0.25, 0.3) is 0 Å². The van der Waals surface area contributed by atoms with Crippen molar-refractivity contribution in [1.29, 1.82) is 0 Å². The molecule has 130 valence electrons. The van der Waals surface area contributed by atoms with Crippen LogP contribution in [0, 0.1) is 0 Å². The number of nitrogens with zero attached hydrogens (tertiary/aromatic N) is 1. The Labute approximate surface area is 153 Å². The Kier molecular flexibility index (Phi) is 6.40. The first kappa shape index (κ1) is 18.9. The zero-order valence-corrected chi connectivity index (χ0v) is 15.4. The monoisotopic (exact) mass is 388 g/mol. The van der Waals surface area contributed by atoms with Crippen molar-refractivity contribution in [2.75, 3.05) is 18.1 Å². The molecule has 3 rings (SSSR count). The molecule has 0 saturated carbocycles. The third kappa shape index (κ3) is 4.16. The number of carbonyl (C=O) groups excluding carboxylic acids is 1. The van der Waals surface area contributed by atoms with Crippen LogP contribution >= 0.6 is 24.0 Å². The molecule has 9 heteroatoms. The fourth-order valence-electron chi connectivity index (χ4n) is 2.59. The van der Waals surface area contributed by atoms with Gasteiger partial charge in [0, 0.05) is 64.3 Å². The van der Waals surface area contributed by atoms with Crippen molar-refractivity contribution < 1.29 is 9.00 Å². The molecule has 1 aliphatic heterocycles. The maximum absolute atomic E-state index is 12.5. The summed E-state index contributed by atoms with van der Waals surface area (Å²) in [6, 6.07) is 5.17. The van der Waals surface area contributed by atoms with Gasteiger partial charge in [0.25, 0.3) is 5.91 Å².